The van der Waals surface area contributed by atoms with Crippen LogP contribution in [0.25, 0.3) is 0 Å². The zero-order valence-electron chi connectivity index (χ0n) is 10.8. The molecule has 0 saturated heterocycles. The van der Waals surface area contributed by atoms with E-state index >= 15 is 0 Å². The Hall–Kier alpha value is -0.920. The molecule has 0 aromatic rings. The lowest BCUT2D eigenvalue weighted by Crippen LogP contribution is -2.22. The van der Waals surface area contributed by atoms with E-state index < -0.39 is 0 Å². The fourth-order valence-corrected chi connectivity index (χ4v) is 0.941. The van der Waals surface area contributed by atoms with E-state index in [2.05, 4.69) is 40.3 Å². The van der Waals surface area contributed by atoms with Gasteiger partial charge in [0.15, 0.2) is 5.88 Å². The fraction of sp³-hybridized carbons (Fsp3) is 0.692. The zero-order valence-corrected chi connectivity index (χ0v) is 10.8. The molecule has 0 rings (SSSR count). The number of hydrogen-bond donors (Lipinski definition) is 0. The van der Waals surface area contributed by atoms with Crippen LogP contribution >= 0.6 is 0 Å². The molecular formula is C13H25NO. The summed E-state index contributed by atoms with van der Waals surface area (Å²) in [6, 6.07) is 0. The normalized spacial score (nSPS) is 12.5. The SMILES string of the molecule is C=CN(C)/C(=C\CC)OCC(C)(C)CC. The maximum absolute atomic E-state index is 5.81. The largest absolute Gasteiger partial charge is 0.478 e. The van der Waals surface area contributed by atoms with E-state index in [-0.39, 0.29) is 5.41 Å². The van der Waals surface area contributed by atoms with Gasteiger partial charge in [-0.3, -0.25) is 0 Å². The van der Waals surface area contributed by atoms with Crippen molar-refractivity contribution in [2.45, 2.75) is 40.5 Å². The first-order valence-electron chi connectivity index (χ1n) is 5.65. The van der Waals surface area contributed by atoms with Crippen LogP contribution in [0.2, 0.25) is 0 Å². The molecule has 0 spiro atoms. The lowest BCUT2D eigenvalue weighted by molar-refractivity contribution is 0.0763. The molecule has 0 bridgehead atoms. The molecule has 0 radical (unpaired) electrons. The minimum Gasteiger partial charge on any atom is -0.478 e. The van der Waals surface area contributed by atoms with E-state index in [1.807, 2.05) is 11.9 Å². The van der Waals surface area contributed by atoms with Crippen molar-refractivity contribution in [1.82, 2.24) is 4.90 Å². The van der Waals surface area contributed by atoms with Crippen LogP contribution in [0.4, 0.5) is 0 Å². The molecule has 0 heterocycles. The van der Waals surface area contributed by atoms with Gasteiger partial charge < -0.3 is 9.64 Å². The third-order valence-electron chi connectivity index (χ3n) is 2.57. The minimum atomic E-state index is 0.231. The van der Waals surface area contributed by atoms with Crippen molar-refractivity contribution in [3.8, 4) is 0 Å². The highest BCUT2D eigenvalue weighted by Gasteiger charge is 2.17. The van der Waals surface area contributed by atoms with Gasteiger partial charge in [0.1, 0.15) is 0 Å². The summed E-state index contributed by atoms with van der Waals surface area (Å²) in [4.78, 5) is 1.91. The molecule has 0 aromatic carbocycles. The third kappa shape index (κ3) is 5.50. The van der Waals surface area contributed by atoms with Gasteiger partial charge in [-0.05, 0) is 30.5 Å². The molecule has 0 aromatic heterocycles. The van der Waals surface area contributed by atoms with Crippen LogP contribution in [0.5, 0.6) is 0 Å². The highest BCUT2D eigenvalue weighted by atomic mass is 16.5. The van der Waals surface area contributed by atoms with Crippen molar-refractivity contribution in [3.05, 3.63) is 24.7 Å². The van der Waals surface area contributed by atoms with Gasteiger partial charge in [-0.2, -0.15) is 0 Å². The van der Waals surface area contributed by atoms with Gasteiger partial charge in [-0.1, -0.05) is 34.3 Å². The lowest BCUT2D eigenvalue weighted by atomic mass is 9.92. The lowest BCUT2D eigenvalue weighted by Gasteiger charge is -2.26. The Morgan fingerprint density at radius 2 is 2.00 bits per heavy atom. The van der Waals surface area contributed by atoms with Gasteiger partial charge in [-0.15, -0.1) is 0 Å². The average Bonchev–Trinajstić information content (AvgIpc) is 2.23. The van der Waals surface area contributed by atoms with Crippen LogP contribution in [-0.4, -0.2) is 18.6 Å². The first kappa shape index (κ1) is 14.1. The highest BCUT2D eigenvalue weighted by molar-refractivity contribution is 4.95. The second kappa shape index (κ2) is 6.54. The van der Waals surface area contributed by atoms with E-state index in [4.69, 9.17) is 4.74 Å². The molecule has 88 valence electrons. The Morgan fingerprint density at radius 3 is 2.40 bits per heavy atom. The molecule has 0 unspecified atom stereocenters. The Kier molecular flexibility index (Phi) is 6.14. The van der Waals surface area contributed by atoms with Gasteiger partial charge in [0.05, 0.1) is 6.61 Å². The Balaban J connectivity index is 4.32. The molecule has 0 aliphatic carbocycles. The molecule has 0 atom stereocenters. The summed E-state index contributed by atoms with van der Waals surface area (Å²) in [6.45, 7) is 13.2. The Bertz CT molecular complexity index is 219. The van der Waals surface area contributed by atoms with Gasteiger partial charge >= 0.3 is 0 Å². The topological polar surface area (TPSA) is 12.5 Å². The first-order chi connectivity index (χ1) is 6.96. The molecule has 0 aliphatic heterocycles. The minimum absolute atomic E-state index is 0.231. The van der Waals surface area contributed by atoms with Gasteiger partial charge in [0.25, 0.3) is 0 Å². The van der Waals surface area contributed by atoms with E-state index in [0.717, 1.165) is 25.3 Å². The number of rotatable bonds is 7. The molecule has 0 aliphatic rings. The quantitative estimate of drug-likeness (QED) is 0.594. The predicted octanol–water partition coefficient (Wildman–Crippen LogP) is 3.77. The molecule has 15 heavy (non-hydrogen) atoms. The van der Waals surface area contributed by atoms with E-state index in [0.29, 0.717) is 0 Å². The standard InChI is InChI=1S/C13H25NO/c1-7-10-12(14(6)9-3)15-11-13(4,5)8-2/h9-10H,3,7-8,11H2,1-2,4-6H3/b12-10+. The van der Waals surface area contributed by atoms with Crippen LogP contribution in [0, 0.1) is 5.41 Å². The van der Waals surface area contributed by atoms with E-state index in [1.165, 1.54) is 0 Å². The summed E-state index contributed by atoms with van der Waals surface area (Å²) < 4.78 is 5.81. The zero-order chi connectivity index (χ0) is 11.9. The molecular weight excluding hydrogens is 186 g/mol. The van der Waals surface area contributed by atoms with Crippen molar-refractivity contribution < 1.29 is 4.74 Å². The van der Waals surface area contributed by atoms with Crippen molar-refractivity contribution in [1.29, 1.82) is 0 Å². The summed E-state index contributed by atoms with van der Waals surface area (Å²) in [5.74, 6) is 0.897. The molecule has 2 nitrogen and oxygen atoms in total. The number of hydrogen-bond acceptors (Lipinski definition) is 2. The van der Waals surface area contributed by atoms with Gasteiger partial charge in [0.2, 0.25) is 0 Å². The first-order valence-corrected chi connectivity index (χ1v) is 5.65. The van der Waals surface area contributed by atoms with E-state index in [9.17, 15) is 0 Å². The highest BCUT2D eigenvalue weighted by Crippen LogP contribution is 2.21. The monoisotopic (exact) mass is 211 g/mol. The molecule has 0 amide bonds. The second-order valence-electron chi connectivity index (χ2n) is 4.55. The predicted molar refractivity (Wildman–Crippen MR) is 66.4 cm³/mol. The molecule has 2 heteroatoms. The molecule has 0 N–H and O–H groups in total. The van der Waals surface area contributed by atoms with E-state index in [1.54, 1.807) is 6.20 Å². The van der Waals surface area contributed by atoms with Crippen LogP contribution in [-0.2, 0) is 4.74 Å². The fourth-order valence-electron chi connectivity index (χ4n) is 0.941. The summed E-state index contributed by atoms with van der Waals surface area (Å²) in [6.07, 6.45) is 5.93. The number of ether oxygens (including phenoxy) is 1. The van der Waals surface area contributed by atoms with Crippen LogP contribution in [0.3, 0.4) is 0 Å². The average molecular weight is 211 g/mol. The summed E-state index contributed by atoms with van der Waals surface area (Å²) in [5.41, 5.74) is 0.231. The van der Waals surface area contributed by atoms with Crippen LogP contribution in [0.1, 0.15) is 40.5 Å². The summed E-state index contributed by atoms with van der Waals surface area (Å²) in [5, 5.41) is 0. The maximum Gasteiger partial charge on any atom is 0.188 e. The van der Waals surface area contributed by atoms with Gasteiger partial charge in [-0.25, -0.2) is 0 Å². The van der Waals surface area contributed by atoms with Crippen LogP contribution in [0.15, 0.2) is 24.7 Å². The van der Waals surface area contributed by atoms with Gasteiger partial charge in [0, 0.05) is 7.05 Å². The number of nitrogens with zero attached hydrogens (tertiary/aromatic N) is 1. The van der Waals surface area contributed by atoms with Crippen molar-refractivity contribution in [3.63, 3.8) is 0 Å². The summed E-state index contributed by atoms with van der Waals surface area (Å²) >= 11 is 0. The van der Waals surface area contributed by atoms with Crippen molar-refractivity contribution >= 4 is 0 Å². The van der Waals surface area contributed by atoms with Crippen molar-refractivity contribution in [2.24, 2.45) is 5.41 Å². The summed E-state index contributed by atoms with van der Waals surface area (Å²) in [7, 11) is 1.95. The molecule has 0 saturated carbocycles. The second-order valence-corrected chi connectivity index (χ2v) is 4.55. The Morgan fingerprint density at radius 1 is 1.40 bits per heavy atom. The third-order valence-corrected chi connectivity index (χ3v) is 2.57. The Labute approximate surface area is 94.6 Å². The molecule has 0 fully saturated rings. The van der Waals surface area contributed by atoms with Crippen LogP contribution < -0.4 is 0 Å². The number of allylic oxidation sites excluding steroid dienone is 1. The van der Waals surface area contributed by atoms with Crippen molar-refractivity contribution in [2.75, 3.05) is 13.7 Å². The maximum atomic E-state index is 5.81. The smallest absolute Gasteiger partial charge is 0.188 e.